The van der Waals surface area contributed by atoms with Crippen molar-refractivity contribution in [3.63, 3.8) is 0 Å². The summed E-state index contributed by atoms with van der Waals surface area (Å²) in [5.41, 5.74) is 8.31. The third kappa shape index (κ3) is 5.37. The van der Waals surface area contributed by atoms with Crippen molar-refractivity contribution < 1.29 is 0 Å². The van der Waals surface area contributed by atoms with Crippen LogP contribution in [0.15, 0.2) is 67.4 Å². The lowest BCUT2D eigenvalue weighted by molar-refractivity contribution is 0.334. The van der Waals surface area contributed by atoms with Crippen molar-refractivity contribution in [3.8, 4) is 11.4 Å². The summed E-state index contributed by atoms with van der Waals surface area (Å²) in [7, 11) is 0. The van der Waals surface area contributed by atoms with Crippen LogP contribution in [0.1, 0.15) is 49.6 Å². The van der Waals surface area contributed by atoms with Crippen LogP contribution >= 0.6 is 0 Å². The first-order valence-electron chi connectivity index (χ1n) is 12.2. The number of H-pyrrole nitrogens is 2. The molecule has 4 heterocycles. The van der Waals surface area contributed by atoms with E-state index in [2.05, 4.69) is 71.4 Å². The maximum absolute atomic E-state index is 4.72. The van der Waals surface area contributed by atoms with E-state index >= 15 is 0 Å². The number of fused-ring (bicyclic) bond motifs is 1. The van der Waals surface area contributed by atoms with Gasteiger partial charge in [0.15, 0.2) is 0 Å². The molecule has 2 N–H and O–H groups in total. The highest BCUT2D eigenvalue weighted by atomic mass is 15.1. The summed E-state index contributed by atoms with van der Waals surface area (Å²) >= 11 is 0. The number of allylic oxidation sites excluding steroid dienone is 7. The molecule has 0 spiro atoms. The third-order valence-corrected chi connectivity index (χ3v) is 6.52. The number of aromatic amines is 2. The summed E-state index contributed by atoms with van der Waals surface area (Å²) in [5.74, 6) is 0. The van der Waals surface area contributed by atoms with Crippen molar-refractivity contribution in [3.05, 3.63) is 84.4 Å². The van der Waals surface area contributed by atoms with E-state index in [9.17, 15) is 0 Å². The second-order valence-electron chi connectivity index (χ2n) is 8.87. The van der Waals surface area contributed by atoms with Crippen LogP contribution in [0.4, 0.5) is 0 Å². The SMILES string of the molecule is C=C/C=C\c1cc(-c2n[nH]c3cnc(C(/C=C(\C=C)CCCN4CCCC4)=C/C)cc23)[nH]c1C. The number of pyridine rings is 1. The summed E-state index contributed by atoms with van der Waals surface area (Å²) in [5, 5.41) is 8.76. The Labute approximate surface area is 202 Å². The van der Waals surface area contributed by atoms with Crippen LogP contribution in [0.2, 0.25) is 0 Å². The fourth-order valence-corrected chi connectivity index (χ4v) is 4.58. The van der Waals surface area contributed by atoms with Gasteiger partial charge in [0.2, 0.25) is 0 Å². The van der Waals surface area contributed by atoms with Gasteiger partial charge in [-0.15, -0.1) is 0 Å². The van der Waals surface area contributed by atoms with E-state index in [0.717, 1.165) is 57.7 Å². The van der Waals surface area contributed by atoms with Crippen molar-refractivity contribution in [1.82, 2.24) is 25.1 Å². The predicted molar refractivity (Wildman–Crippen MR) is 144 cm³/mol. The lowest BCUT2D eigenvalue weighted by Crippen LogP contribution is -2.20. The Hall–Kier alpha value is -3.44. The van der Waals surface area contributed by atoms with Gasteiger partial charge in [0, 0.05) is 11.1 Å². The normalized spacial score (nSPS) is 15.6. The van der Waals surface area contributed by atoms with Crippen LogP contribution in [0.25, 0.3) is 33.9 Å². The van der Waals surface area contributed by atoms with Gasteiger partial charge in [-0.05, 0) is 94.1 Å². The first kappa shape index (κ1) is 23.7. The number of aromatic nitrogens is 4. The number of nitrogens with one attached hydrogen (secondary N) is 2. The van der Waals surface area contributed by atoms with Crippen LogP contribution in [0, 0.1) is 6.92 Å². The molecule has 5 nitrogen and oxygen atoms in total. The highest BCUT2D eigenvalue weighted by Gasteiger charge is 2.14. The summed E-state index contributed by atoms with van der Waals surface area (Å²) in [6.45, 7) is 15.6. The van der Waals surface area contributed by atoms with Crippen LogP contribution in [0.3, 0.4) is 0 Å². The molecule has 176 valence electrons. The second-order valence-corrected chi connectivity index (χ2v) is 8.87. The van der Waals surface area contributed by atoms with Crippen molar-refractivity contribution in [2.24, 2.45) is 0 Å². The minimum Gasteiger partial charge on any atom is -0.357 e. The fraction of sp³-hybridized carbons (Fsp3) is 0.310. The lowest BCUT2D eigenvalue weighted by Gasteiger charge is -2.14. The van der Waals surface area contributed by atoms with Gasteiger partial charge in [-0.2, -0.15) is 5.10 Å². The Kier molecular flexibility index (Phi) is 7.76. The molecular formula is C29H35N5. The molecule has 1 fully saturated rings. The van der Waals surface area contributed by atoms with Crippen LogP contribution in [-0.2, 0) is 0 Å². The molecule has 0 aliphatic carbocycles. The number of hydrogen-bond acceptors (Lipinski definition) is 3. The highest BCUT2D eigenvalue weighted by Crippen LogP contribution is 2.30. The summed E-state index contributed by atoms with van der Waals surface area (Å²) in [6.07, 6.45) is 18.8. The van der Waals surface area contributed by atoms with E-state index in [1.165, 1.54) is 38.0 Å². The van der Waals surface area contributed by atoms with E-state index < -0.39 is 0 Å². The number of likely N-dealkylation sites (tertiary alicyclic amines) is 1. The van der Waals surface area contributed by atoms with E-state index in [-0.39, 0.29) is 0 Å². The van der Waals surface area contributed by atoms with Gasteiger partial charge >= 0.3 is 0 Å². The Morgan fingerprint density at radius 1 is 1.21 bits per heavy atom. The van der Waals surface area contributed by atoms with Crippen molar-refractivity contribution in [2.45, 2.75) is 39.5 Å². The van der Waals surface area contributed by atoms with E-state index in [4.69, 9.17) is 4.98 Å². The largest absolute Gasteiger partial charge is 0.357 e. The Morgan fingerprint density at radius 3 is 2.76 bits per heavy atom. The summed E-state index contributed by atoms with van der Waals surface area (Å²) < 4.78 is 0. The quantitative estimate of drug-likeness (QED) is 0.330. The molecule has 34 heavy (non-hydrogen) atoms. The number of rotatable bonds is 10. The zero-order chi connectivity index (χ0) is 23.9. The molecule has 0 radical (unpaired) electrons. The molecule has 0 amide bonds. The second kappa shape index (κ2) is 11.1. The minimum atomic E-state index is 0.897. The van der Waals surface area contributed by atoms with Crippen LogP contribution in [-0.4, -0.2) is 44.7 Å². The first-order valence-corrected chi connectivity index (χ1v) is 12.2. The van der Waals surface area contributed by atoms with Crippen molar-refractivity contribution in [2.75, 3.05) is 19.6 Å². The zero-order valence-electron chi connectivity index (χ0n) is 20.4. The van der Waals surface area contributed by atoms with Gasteiger partial charge in [0.1, 0.15) is 5.69 Å². The molecule has 3 aromatic rings. The standard InChI is InChI=1S/C29H35N5/c1-5-8-13-24-18-27(31-21(24)4)29-25-19-26(30-20-28(25)32-33-29)23(7-3)17-22(6-2)12-11-16-34-14-9-10-15-34/h5-8,13,17-20,31H,1-2,9-12,14-16H2,3-4H3,(H,32,33)/b13-8-,22-17+,23-7+. The lowest BCUT2D eigenvalue weighted by atomic mass is 10.0. The minimum absolute atomic E-state index is 0.897. The Balaban J connectivity index is 1.58. The molecule has 0 saturated carbocycles. The van der Waals surface area contributed by atoms with Crippen molar-refractivity contribution >= 4 is 22.6 Å². The third-order valence-electron chi connectivity index (χ3n) is 6.52. The topological polar surface area (TPSA) is 60.6 Å². The van der Waals surface area contributed by atoms with Gasteiger partial charge in [-0.3, -0.25) is 10.1 Å². The average molecular weight is 454 g/mol. The van der Waals surface area contributed by atoms with Gasteiger partial charge in [-0.25, -0.2) is 0 Å². The molecular weight excluding hydrogens is 418 g/mol. The maximum atomic E-state index is 4.72. The number of nitrogens with zero attached hydrogens (tertiary/aromatic N) is 3. The molecule has 5 heteroatoms. The molecule has 1 aliphatic rings. The molecule has 1 aliphatic heterocycles. The monoisotopic (exact) mass is 453 g/mol. The molecule has 0 aromatic carbocycles. The molecule has 1 saturated heterocycles. The average Bonchev–Trinajstić information content (AvgIpc) is 3.59. The van der Waals surface area contributed by atoms with E-state index in [1.807, 2.05) is 24.4 Å². The Bertz CT molecular complexity index is 1240. The van der Waals surface area contributed by atoms with Crippen LogP contribution in [0.5, 0.6) is 0 Å². The molecule has 0 atom stereocenters. The Morgan fingerprint density at radius 2 is 2.03 bits per heavy atom. The molecule has 0 unspecified atom stereocenters. The van der Waals surface area contributed by atoms with Crippen LogP contribution < -0.4 is 0 Å². The number of aryl methyl sites for hydroxylation is 1. The molecule has 4 rings (SSSR count). The van der Waals surface area contributed by atoms with E-state index in [1.54, 1.807) is 6.08 Å². The maximum Gasteiger partial charge on any atom is 0.116 e. The smallest absolute Gasteiger partial charge is 0.116 e. The van der Waals surface area contributed by atoms with E-state index in [0.29, 0.717) is 0 Å². The van der Waals surface area contributed by atoms with Gasteiger partial charge in [0.05, 0.1) is 23.1 Å². The van der Waals surface area contributed by atoms with Gasteiger partial charge in [-0.1, -0.05) is 43.5 Å². The van der Waals surface area contributed by atoms with Crippen molar-refractivity contribution in [1.29, 1.82) is 0 Å². The molecule has 0 bridgehead atoms. The summed E-state index contributed by atoms with van der Waals surface area (Å²) in [4.78, 5) is 10.7. The summed E-state index contributed by atoms with van der Waals surface area (Å²) in [6, 6.07) is 4.25. The molecule has 3 aromatic heterocycles. The first-order chi connectivity index (χ1) is 16.6. The number of hydrogen-bond donors (Lipinski definition) is 2. The zero-order valence-corrected chi connectivity index (χ0v) is 20.4. The van der Waals surface area contributed by atoms with Gasteiger partial charge < -0.3 is 9.88 Å². The fourth-order valence-electron chi connectivity index (χ4n) is 4.58. The predicted octanol–water partition coefficient (Wildman–Crippen LogP) is 6.85. The highest BCUT2D eigenvalue weighted by molar-refractivity contribution is 5.94. The van der Waals surface area contributed by atoms with Gasteiger partial charge in [0.25, 0.3) is 0 Å².